The summed E-state index contributed by atoms with van der Waals surface area (Å²) in [6.45, 7) is 3.04. The number of rotatable bonds is 4. The Bertz CT molecular complexity index is 318. The van der Waals surface area contributed by atoms with Gasteiger partial charge in [-0.3, -0.25) is 4.79 Å². The Labute approximate surface area is 83.9 Å². The summed E-state index contributed by atoms with van der Waals surface area (Å²) in [5, 5.41) is 2.77. The second-order valence-corrected chi connectivity index (χ2v) is 3.17. The number of nitrogens with zero attached hydrogens (tertiary/aromatic N) is 1. The minimum atomic E-state index is -0.0577. The molecule has 1 amide bonds. The van der Waals surface area contributed by atoms with Crippen molar-refractivity contribution < 1.29 is 9.53 Å². The second-order valence-electron chi connectivity index (χ2n) is 3.17. The van der Waals surface area contributed by atoms with Gasteiger partial charge >= 0.3 is 0 Å². The Morgan fingerprint density at radius 1 is 1.57 bits per heavy atom. The average Bonchev–Trinajstić information content (AvgIpc) is 2.48. The van der Waals surface area contributed by atoms with Crippen LogP contribution >= 0.6 is 0 Å². The van der Waals surface area contributed by atoms with Gasteiger partial charge in [0.25, 0.3) is 5.91 Å². The monoisotopic (exact) mass is 196 g/mol. The normalized spacial score (nSPS) is 10.2. The number of ether oxygens (including phenoxy) is 1. The first-order valence-corrected chi connectivity index (χ1v) is 4.56. The largest absolute Gasteiger partial charge is 0.383 e. The molecule has 1 rings (SSSR count). The molecular formula is C10H16N2O2. The fourth-order valence-corrected chi connectivity index (χ4v) is 1.20. The topological polar surface area (TPSA) is 43.3 Å². The molecule has 0 saturated heterocycles. The van der Waals surface area contributed by atoms with Gasteiger partial charge in [-0.25, -0.2) is 0 Å². The van der Waals surface area contributed by atoms with E-state index in [9.17, 15) is 4.79 Å². The first kappa shape index (κ1) is 10.8. The first-order chi connectivity index (χ1) is 6.66. The molecule has 0 unspecified atom stereocenters. The SMILES string of the molecule is COCCNC(=O)c1ccc(C)n1C. The third kappa shape index (κ3) is 2.35. The average molecular weight is 196 g/mol. The van der Waals surface area contributed by atoms with Crippen molar-refractivity contribution in [3.63, 3.8) is 0 Å². The van der Waals surface area contributed by atoms with Crippen molar-refractivity contribution >= 4 is 5.91 Å². The predicted molar refractivity (Wildman–Crippen MR) is 54.4 cm³/mol. The van der Waals surface area contributed by atoms with E-state index < -0.39 is 0 Å². The van der Waals surface area contributed by atoms with Gasteiger partial charge in [-0.2, -0.15) is 0 Å². The van der Waals surface area contributed by atoms with Crippen molar-refractivity contribution in [1.82, 2.24) is 9.88 Å². The van der Waals surface area contributed by atoms with Crippen LogP contribution in [-0.4, -0.2) is 30.7 Å². The zero-order chi connectivity index (χ0) is 10.6. The Hall–Kier alpha value is -1.29. The third-order valence-electron chi connectivity index (χ3n) is 2.20. The summed E-state index contributed by atoms with van der Waals surface area (Å²) >= 11 is 0. The van der Waals surface area contributed by atoms with Crippen LogP contribution in [0.4, 0.5) is 0 Å². The molecule has 0 aliphatic carbocycles. The Morgan fingerprint density at radius 2 is 2.29 bits per heavy atom. The van der Waals surface area contributed by atoms with Crippen LogP contribution in [0, 0.1) is 6.92 Å². The number of nitrogens with one attached hydrogen (secondary N) is 1. The summed E-state index contributed by atoms with van der Waals surface area (Å²) in [4.78, 5) is 11.6. The molecule has 0 atom stereocenters. The molecule has 0 spiro atoms. The lowest BCUT2D eigenvalue weighted by Crippen LogP contribution is -2.28. The van der Waals surface area contributed by atoms with Crippen molar-refractivity contribution in [2.24, 2.45) is 7.05 Å². The molecule has 4 nitrogen and oxygen atoms in total. The van der Waals surface area contributed by atoms with Gasteiger partial charge in [0.15, 0.2) is 0 Å². The molecule has 0 aromatic carbocycles. The fraction of sp³-hybridized carbons (Fsp3) is 0.500. The van der Waals surface area contributed by atoms with E-state index in [1.165, 1.54) is 0 Å². The summed E-state index contributed by atoms with van der Waals surface area (Å²) in [6.07, 6.45) is 0. The van der Waals surface area contributed by atoms with Gasteiger partial charge in [0.1, 0.15) is 5.69 Å². The number of hydrogen-bond donors (Lipinski definition) is 1. The lowest BCUT2D eigenvalue weighted by molar-refractivity contribution is 0.0929. The maximum absolute atomic E-state index is 11.6. The summed E-state index contributed by atoms with van der Waals surface area (Å²) in [5.74, 6) is -0.0577. The maximum atomic E-state index is 11.6. The van der Waals surface area contributed by atoms with Gasteiger partial charge in [-0.15, -0.1) is 0 Å². The molecule has 0 saturated carbocycles. The molecule has 0 radical (unpaired) electrons. The van der Waals surface area contributed by atoms with Crippen LogP contribution in [0.25, 0.3) is 0 Å². The molecule has 1 aromatic heterocycles. The van der Waals surface area contributed by atoms with Crippen LogP contribution in [0.3, 0.4) is 0 Å². The lowest BCUT2D eigenvalue weighted by atomic mass is 10.4. The van der Waals surface area contributed by atoms with E-state index in [2.05, 4.69) is 5.32 Å². The Morgan fingerprint density at radius 3 is 2.79 bits per heavy atom. The van der Waals surface area contributed by atoms with Crippen LogP contribution in [0.2, 0.25) is 0 Å². The molecule has 4 heteroatoms. The van der Waals surface area contributed by atoms with Gasteiger partial charge < -0.3 is 14.6 Å². The molecule has 0 bridgehead atoms. The number of methoxy groups -OCH3 is 1. The second kappa shape index (κ2) is 4.81. The minimum absolute atomic E-state index is 0.0577. The Kier molecular flexibility index (Phi) is 3.71. The highest BCUT2D eigenvalue weighted by Crippen LogP contribution is 2.04. The molecular weight excluding hydrogens is 180 g/mol. The Balaban J connectivity index is 2.56. The van der Waals surface area contributed by atoms with E-state index in [0.717, 1.165) is 5.69 Å². The van der Waals surface area contributed by atoms with E-state index in [0.29, 0.717) is 18.8 Å². The van der Waals surface area contributed by atoms with Crippen LogP contribution in [0.5, 0.6) is 0 Å². The minimum Gasteiger partial charge on any atom is -0.383 e. The van der Waals surface area contributed by atoms with Crippen molar-refractivity contribution in [3.05, 3.63) is 23.5 Å². The molecule has 0 aliphatic heterocycles. The molecule has 1 heterocycles. The molecule has 14 heavy (non-hydrogen) atoms. The number of aromatic nitrogens is 1. The molecule has 78 valence electrons. The maximum Gasteiger partial charge on any atom is 0.267 e. The summed E-state index contributed by atoms with van der Waals surface area (Å²) in [6, 6.07) is 3.74. The van der Waals surface area contributed by atoms with Crippen LogP contribution in [0.1, 0.15) is 16.2 Å². The number of carbonyl (C=O) groups excluding carboxylic acids is 1. The smallest absolute Gasteiger partial charge is 0.267 e. The van der Waals surface area contributed by atoms with Gasteiger partial charge in [-0.05, 0) is 19.1 Å². The highest BCUT2D eigenvalue weighted by atomic mass is 16.5. The van der Waals surface area contributed by atoms with Crippen LogP contribution in [0.15, 0.2) is 12.1 Å². The summed E-state index contributed by atoms with van der Waals surface area (Å²) in [7, 11) is 3.49. The van der Waals surface area contributed by atoms with Crippen molar-refractivity contribution in [1.29, 1.82) is 0 Å². The zero-order valence-electron chi connectivity index (χ0n) is 8.83. The van der Waals surface area contributed by atoms with E-state index in [-0.39, 0.29) is 5.91 Å². The molecule has 1 aromatic rings. The lowest BCUT2D eigenvalue weighted by Gasteiger charge is -2.06. The number of amides is 1. The van der Waals surface area contributed by atoms with E-state index in [1.54, 1.807) is 7.11 Å². The van der Waals surface area contributed by atoms with Gasteiger partial charge in [0.2, 0.25) is 0 Å². The van der Waals surface area contributed by atoms with Crippen molar-refractivity contribution in [3.8, 4) is 0 Å². The molecule has 1 N–H and O–H groups in total. The highest BCUT2D eigenvalue weighted by molar-refractivity contribution is 5.92. The van der Waals surface area contributed by atoms with Crippen molar-refractivity contribution in [2.75, 3.05) is 20.3 Å². The fourth-order valence-electron chi connectivity index (χ4n) is 1.20. The number of aryl methyl sites for hydroxylation is 1. The first-order valence-electron chi connectivity index (χ1n) is 4.56. The predicted octanol–water partition coefficient (Wildman–Crippen LogP) is 0.710. The van der Waals surface area contributed by atoms with Crippen molar-refractivity contribution in [2.45, 2.75) is 6.92 Å². The van der Waals surface area contributed by atoms with E-state index in [4.69, 9.17) is 4.74 Å². The summed E-state index contributed by atoms with van der Waals surface area (Å²) in [5.41, 5.74) is 1.75. The van der Waals surface area contributed by atoms with Crippen LogP contribution in [-0.2, 0) is 11.8 Å². The zero-order valence-corrected chi connectivity index (χ0v) is 8.83. The van der Waals surface area contributed by atoms with E-state index in [1.807, 2.05) is 30.7 Å². The third-order valence-corrected chi connectivity index (χ3v) is 2.20. The quantitative estimate of drug-likeness (QED) is 0.721. The standard InChI is InChI=1S/C10H16N2O2/c1-8-4-5-9(12(8)2)10(13)11-6-7-14-3/h4-5H,6-7H2,1-3H3,(H,11,13). The molecule has 0 aliphatic rings. The highest BCUT2D eigenvalue weighted by Gasteiger charge is 2.09. The summed E-state index contributed by atoms with van der Waals surface area (Å²) < 4.78 is 6.71. The van der Waals surface area contributed by atoms with Gasteiger partial charge in [0, 0.05) is 26.4 Å². The number of carbonyl (C=O) groups is 1. The van der Waals surface area contributed by atoms with Gasteiger partial charge in [-0.1, -0.05) is 0 Å². The number of hydrogen-bond acceptors (Lipinski definition) is 2. The van der Waals surface area contributed by atoms with Gasteiger partial charge in [0.05, 0.1) is 6.61 Å². The molecule has 0 fully saturated rings. The van der Waals surface area contributed by atoms with E-state index >= 15 is 0 Å². The van der Waals surface area contributed by atoms with Crippen LogP contribution < -0.4 is 5.32 Å².